The minimum Gasteiger partial charge on any atom is -0.383 e. The van der Waals surface area contributed by atoms with E-state index in [0.29, 0.717) is 6.04 Å². The summed E-state index contributed by atoms with van der Waals surface area (Å²) >= 11 is 0. The molecule has 4 nitrogen and oxygen atoms in total. The van der Waals surface area contributed by atoms with E-state index in [2.05, 4.69) is 23.6 Å². The molecule has 0 aromatic heterocycles. The number of nitrogens with two attached hydrogens (primary N) is 1. The van der Waals surface area contributed by atoms with Crippen molar-refractivity contribution in [1.29, 1.82) is 0 Å². The van der Waals surface area contributed by atoms with Gasteiger partial charge in [0.2, 0.25) is 0 Å². The van der Waals surface area contributed by atoms with Crippen molar-refractivity contribution in [2.45, 2.75) is 45.2 Å². The number of hydrogen-bond donors (Lipinski definition) is 1. The van der Waals surface area contributed by atoms with Crippen molar-refractivity contribution in [2.75, 3.05) is 46.4 Å². The predicted octanol–water partition coefficient (Wildman–Crippen LogP) is 1.16. The average Bonchev–Trinajstić information content (AvgIpc) is 2.85. The highest BCUT2D eigenvalue weighted by atomic mass is 16.5. The molecule has 18 heavy (non-hydrogen) atoms. The molecule has 0 aromatic rings. The van der Waals surface area contributed by atoms with E-state index in [-0.39, 0.29) is 0 Å². The van der Waals surface area contributed by atoms with Gasteiger partial charge in [-0.15, -0.1) is 0 Å². The molecule has 0 amide bonds. The second-order valence-corrected chi connectivity index (χ2v) is 5.20. The minimum absolute atomic E-state index is 0.555. The number of methoxy groups -OCH3 is 1. The second-order valence-electron chi connectivity index (χ2n) is 5.20. The minimum atomic E-state index is 0.555. The standard InChI is InChI=1S/C14H31N3O/c1-4-16(5-2)13-8-10-17(11-13)14(12-18-3)7-6-9-15/h13-14H,4-12,15H2,1-3H3. The van der Waals surface area contributed by atoms with Gasteiger partial charge in [0.1, 0.15) is 0 Å². The Morgan fingerprint density at radius 3 is 2.67 bits per heavy atom. The monoisotopic (exact) mass is 257 g/mol. The van der Waals surface area contributed by atoms with Crippen molar-refractivity contribution < 1.29 is 4.74 Å². The van der Waals surface area contributed by atoms with Gasteiger partial charge in [-0.05, 0) is 38.9 Å². The Kier molecular flexibility index (Phi) is 7.82. The lowest BCUT2D eigenvalue weighted by atomic mass is 10.1. The summed E-state index contributed by atoms with van der Waals surface area (Å²) in [6, 6.07) is 1.29. The summed E-state index contributed by atoms with van der Waals surface area (Å²) in [5, 5.41) is 0. The number of likely N-dealkylation sites (N-methyl/N-ethyl adjacent to an activating group) is 1. The molecule has 1 heterocycles. The molecule has 0 aliphatic carbocycles. The zero-order valence-corrected chi connectivity index (χ0v) is 12.4. The predicted molar refractivity (Wildman–Crippen MR) is 76.9 cm³/mol. The molecule has 0 saturated carbocycles. The normalized spacial score (nSPS) is 22.8. The summed E-state index contributed by atoms with van der Waals surface area (Å²) in [4.78, 5) is 5.18. The fourth-order valence-corrected chi connectivity index (χ4v) is 3.05. The molecule has 1 aliphatic rings. The maximum atomic E-state index is 5.62. The average molecular weight is 257 g/mol. The van der Waals surface area contributed by atoms with E-state index in [1.54, 1.807) is 7.11 Å². The second kappa shape index (κ2) is 8.86. The lowest BCUT2D eigenvalue weighted by Crippen LogP contribution is -2.41. The molecule has 0 aromatic carbocycles. The molecule has 1 rings (SSSR count). The van der Waals surface area contributed by atoms with Crippen molar-refractivity contribution in [3.05, 3.63) is 0 Å². The SMILES string of the molecule is CCN(CC)C1CCN(C(CCCN)COC)C1. The lowest BCUT2D eigenvalue weighted by Gasteiger charge is -2.30. The number of nitrogens with zero attached hydrogens (tertiary/aromatic N) is 2. The van der Waals surface area contributed by atoms with Gasteiger partial charge in [0.25, 0.3) is 0 Å². The Morgan fingerprint density at radius 1 is 1.39 bits per heavy atom. The molecule has 0 bridgehead atoms. The van der Waals surface area contributed by atoms with Gasteiger partial charge in [0.05, 0.1) is 6.61 Å². The van der Waals surface area contributed by atoms with Crippen LogP contribution in [0, 0.1) is 0 Å². The van der Waals surface area contributed by atoms with Crippen LogP contribution in [0.4, 0.5) is 0 Å². The Hall–Kier alpha value is -0.160. The molecule has 1 saturated heterocycles. The highest BCUT2D eigenvalue weighted by Crippen LogP contribution is 2.20. The molecule has 2 N–H and O–H groups in total. The summed E-state index contributed by atoms with van der Waals surface area (Å²) in [7, 11) is 1.80. The van der Waals surface area contributed by atoms with E-state index in [4.69, 9.17) is 10.5 Å². The smallest absolute Gasteiger partial charge is 0.0618 e. The van der Waals surface area contributed by atoms with Gasteiger partial charge < -0.3 is 10.5 Å². The van der Waals surface area contributed by atoms with Gasteiger partial charge in [0.15, 0.2) is 0 Å². The third kappa shape index (κ3) is 4.50. The first-order chi connectivity index (χ1) is 8.76. The molecule has 1 fully saturated rings. The van der Waals surface area contributed by atoms with Crippen molar-refractivity contribution in [3.63, 3.8) is 0 Å². The van der Waals surface area contributed by atoms with E-state index in [0.717, 1.165) is 45.1 Å². The Morgan fingerprint density at radius 2 is 2.11 bits per heavy atom. The van der Waals surface area contributed by atoms with Gasteiger partial charge in [0, 0.05) is 32.3 Å². The fraction of sp³-hybridized carbons (Fsp3) is 1.00. The van der Waals surface area contributed by atoms with Crippen molar-refractivity contribution in [2.24, 2.45) is 5.73 Å². The van der Waals surface area contributed by atoms with Crippen LogP contribution in [0.5, 0.6) is 0 Å². The van der Waals surface area contributed by atoms with Crippen molar-refractivity contribution in [3.8, 4) is 0 Å². The third-order valence-electron chi connectivity index (χ3n) is 4.14. The molecule has 1 aliphatic heterocycles. The number of rotatable bonds is 9. The maximum absolute atomic E-state index is 5.62. The van der Waals surface area contributed by atoms with Crippen LogP contribution in [-0.2, 0) is 4.74 Å². The van der Waals surface area contributed by atoms with E-state index in [1.807, 2.05) is 0 Å². The quantitative estimate of drug-likeness (QED) is 0.673. The van der Waals surface area contributed by atoms with Crippen molar-refractivity contribution in [1.82, 2.24) is 9.80 Å². The summed E-state index contributed by atoms with van der Waals surface area (Å²) in [5.74, 6) is 0. The Balaban J connectivity index is 2.45. The van der Waals surface area contributed by atoms with Crippen LogP contribution in [0.2, 0.25) is 0 Å². The largest absolute Gasteiger partial charge is 0.383 e. The van der Waals surface area contributed by atoms with Gasteiger partial charge in [-0.1, -0.05) is 13.8 Å². The van der Waals surface area contributed by atoms with E-state index >= 15 is 0 Å². The maximum Gasteiger partial charge on any atom is 0.0618 e. The summed E-state index contributed by atoms with van der Waals surface area (Å²) in [6.07, 6.45) is 3.56. The van der Waals surface area contributed by atoms with Gasteiger partial charge >= 0.3 is 0 Å². The first kappa shape index (κ1) is 15.9. The fourth-order valence-electron chi connectivity index (χ4n) is 3.05. The number of ether oxygens (including phenoxy) is 1. The highest BCUT2D eigenvalue weighted by molar-refractivity contribution is 4.86. The zero-order valence-electron chi connectivity index (χ0n) is 12.4. The molecular weight excluding hydrogens is 226 g/mol. The molecular formula is C14H31N3O. The molecule has 108 valence electrons. The van der Waals surface area contributed by atoms with Crippen LogP contribution >= 0.6 is 0 Å². The summed E-state index contributed by atoms with van der Waals surface area (Å²) < 4.78 is 5.37. The van der Waals surface area contributed by atoms with Gasteiger partial charge in [-0.3, -0.25) is 9.80 Å². The third-order valence-corrected chi connectivity index (χ3v) is 4.14. The number of hydrogen-bond acceptors (Lipinski definition) is 4. The van der Waals surface area contributed by atoms with Crippen LogP contribution in [0.3, 0.4) is 0 Å². The first-order valence-corrected chi connectivity index (χ1v) is 7.43. The lowest BCUT2D eigenvalue weighted by molar-refractivity contribution is 0.0924. The molecule has 2 atom stereocenters. The van der Waals surface area contributed by atoms with E-state index in [1.165, 1.54) is 19.5 Å². The highest BCUT2D eigenvalue weighted by Gasteiger charge is 2.30. The van der Waals surface area contributed by atoms with Crippen LogP contribution in [0.25, 0.3) is 0 Å². The van der Waals surface area contributed by atoms with Crippen molar-refractivity contribution >= 4 is 0 Å². The molecule has 0 spiro atoms. The molecule has 2 unspecified atom stereocenters. The zero-order chi connectivity index (χ0) is 13.4. The summed E-state index contributed by atoms with van der Waals surface area (Å²) in [6.45, 7) is 10.9. The Bertz CT molecular complexity index is 209. The van der Waals surface area contributed by atoms with Crippen LogP contribution in [0.1, 0.15) is 33.1 Å². The van der Waals surface area contributed by atoms with Gasteiger partial charge in [-0.2, -0.15) is 0 Å². The van der Waals surface area contributed by atoms with Crippen LogP contribution in [0.15, 0.2) is 0 Å². The van der Waals surface area contributed by atoms with Crippen LogP contribution < -0.4 is 5.73 Å². The molecule has 0 radical (unpaired) electrons. The van der Waals surface area contributed by atoms with Crippen LogP contribution in [-0.4, -0.2) is 68.3 Å². The van der Waals surface area contributed by atoms with E-state index < -0.39 is 0 Å². The van der Waals surface area contributed by atoms with E-state index in [9.17, 15) is 0 Å². The number of likely N-dealkylation sites (tertiary alicyclic amines) is 1. The van der Waals surface area contributed by atoms with Gasteiger partial charge in [-0.25, -0.2) is 0 Å². The molecule has 4 heteroatoms. The topological polar surface area (TPSA) is 41.7 Å². The summed E-state index contributed by atoms with van der Waals surface area (Å²) in [5.41, 5.74) is 5.62. The first-order valence-electron chi connectivity index (χ1n) is 7.43. The Labute approximate surface area is 112 Å².